The molecule has 1 saturated heterocycles. The van der Waals surface area contributed by atoms with Crippen molar-refractivity contribution in [3.63, 3.8) is 0 Å². The van der Waals surface area contributed by atoms with E-state index < -0.39 is 6.10 Å². The first-order valence-electron chi connectivity index (χ1n) is 6.94. The maximum Gasteiger partial charge on any atom is 0.158 e. The van der Waals surface area contributed by atoms with E-state index in [1.54, 1.807) is 6.08 Å². The van der Waals surface area contributed by atoms with Gasteiger partial charge in [-0.15, -0.1) is 0 Å². The summed E-state index contributed by atoms with van der Waals surface area (Å²) in [5, 5.41) is 10.0. The minimum absolute atomic E-state index is 0.163. The number of aliphatic hydroxyl groups excluding tert-OH is 1. The molecule has 0 radical (unpaired) electrons. The lowest BCUT2D eigenvalue weighted by Crippen LogP contribution is -2.32. The standard InChI is InChI=1S/C16H22O3/c1-13(19-16-9-5-6-12-18-16)15(17)11-10-14-7-3-2-4-8-14/h2-4,7-8,10-11,13,15-17H,5-6,9,12H2,1H3/b11-10+/t13-,15-,16?/m0/s1. The van der Waals surface area contributed by atoms with E-state index in [2.05, 4.69) is 0 Å². The molecule has 1 aromatic carbocycles. The molecule has 1 fully saturated rings. The highest BCUT2D eigenvalue weighted by Crippen LogP contribution is 2.17. The van der Waals surface area contributed by atoms with Crippen molar-refractivity contribution >= 4 is 6.08 Å². The lowest BCUT2D eigenvalue weighted by atomic mass is 10.1. The van der Waals surface area contributed by atoms with E-state index in [0.29, 0.717) is 0 Å². The molecule has 1 unspecified atom stereocenters. The van der Waals surface area contributed by atoms with E-state index in [0.717, 1.165) is 31.4 Å². The highest BCUT2D eigenvalue weighted by atomic mass is 16.7. The molecule has 2 rings (SSSR count). The van der Waals surface area contributed by atoms with Crippen LogP contribution in [0, 0.1) is 0 Å². The third kappa shape index (κ3) is 4.78. The maximum atomic E-state index is 10.0. The Balaban J connectivity index is 1.81. The van der Waals surface area contributed by atoms with Crippen molar-refractivity contribution in [2.75, 3.05) is 6.61 Å². The van der Waals surface area contributed by atoms with Crippen LogP contribution in [0.2, 0.25) is 0 Å². The molecule has 0 amide bonds. The van der Waals surface area contributed by atoms with E-state index in [4.69, 9.17) is 9.47 Å². The summed E-state index contributed by atoms with van der Waals surface area (Å²) < 4.78 is 11.2. The number of hydrogen-bond acceptors (Lipinski definition) is 3. The molecular weight excluding hydrogens is 240 g/mol. The number of rotatable bonds is 5. The quantitative estimate of drug-likeness (QED) is 0.886. The van der Waals surface area contributed by atoms with Gasteiger partial charge >= 0.3 is 0 Å². The van der Waals surface area contributed by atoms with Gasteiger partial charge in [-0.25, -0.2) is 0 Å². The van der Waals surface area contributed by atoms with Crippen LogP contribution in [0.3, 0.4) is 0 Å². The maximum absolute atomic E-state index is 10.0. The molecule has 1 aromatic rings. The molecule has 1 aliphatic heterocycles. The summed E-state index contributed by atoms with van der Waals surface area (Å²) in [4.78, 5) is 0. The SMILES string of the molecule is C[C@H](OC1CCCCO1)[C@@H](O)/C=C/c1ccccc1. The summed E-state index contributed by atoms with van der Waals surface area (Å²) in [6, 6.07) is 9.92. The zero-order valence-corrected chi connectivity index (χ0v) is 11.4. The molecule has 0 aliphatic carbocycles. The number of aliphatic hydroxyl groups is 1. The lowest BCUT2D eigenvalue weighted by molar-refractivity contribution is -0.197. The minimum Gasteiger partial charge on any atom is -0.386 e. The van der Waals surface area contributed by atoms with Gasteiger partial charge in [0.25, 0.3) is 0 Å². The molecule has 1 heterocycles. The monoisotopic (exact) mass is 262 g/mol. The van der Waals surface area contributed by atoms with Crippen LogP contribution >= 0.6 is 0 Å². The van der Waals surface area contributed by atoms with Crippen LogP contribution < -0.4 is 0 Å². The van der Waals surface area contributed by atoms with Crippen LogP contribution in [-0.4, -0.2) is 30.2 Å². The van der Waals surface area contributed by atoms with Crippen molar-refractivity contribution in [1.82, 2.24) is 0 Å². The largest absolute Gasteiger partial charge is 0.386 e. The van der Waals surface area contributed by atoms with Crippen LogP contribution in [0.4, 0.5) is 0 Å². The van der Waals surface area contributed by atoms with Gasteiger partial charge in [-0.3, -0.25) is 0 Å². The molecule has 3 heteroatoms. The molecule has 3 nitrogen and oxygen atoms in total. The van der Waals surface area contributed by atoms with Crippen molar-refractivity contribution in [2.45, 2.75) is 44.7 Å². The summed E-state index contributed by atoms with van der Waals surface area (Å²) >= 11 is 0. The Kier molecular flexibility index (Phi) is 5.58. The van der Waals surface area contributed by atoms with E-state index in [1.807, 2.05) is 43.3 Å². The topological polar surface area (TPSA) is 38.7 Å². The Morgan fingerprint density at radius 1 is 1.32 bits per heavy atom. The highest BCUT2D eigenvalue weighted by molar-refractivity contribution is 5.49. The van der Waals surface area contributed by atoms with Crippen molar-refractivity contribution in [3.05, 3.63) is 42.0 Å². The first-order chi connectivity index (χ1) is 9.25. The predicted molar refractivity (Wildman–Crippen MR) is 75.6 cm³/mol. The zero-order valence-electron chi connectivity index (χ0n) is 11.4. The van der Waals surface area contributed by atoms with Crippen LogP contribution in [0.15, 0.2) is 36.4 Å². The van der Waals surface area contributed by atoms with E-state index in [-0.39, 0.29) is 12.4 Å². The molecule has 0 bridgehead atoms. The normalized spacial score (nSPS) is 23.4. The molecule has 19 heavy (non-hydrogen) atoms. The van der Waals surface area contributed by atoms with Crippen molar-refractivity contribution in [1.29, 1.82) is 0 Å². The average Bonchev–Trinajstić information content (AvgIpc) is 2.47. The van der Waals surface area contributed by atoms with E-state index in [9.17, 15) is 5.11 Å². The first kappa shape index (κ1) is 14.3. The van der Waals surface area contributed by atoms with Gasteiger partial charge in [0.05, 0.1) is 12.2 Å². The Morgan fingerprint density at radius 2 is 2.11 bits per heavy atom. The molecule has 1 aliphatic rings. The third-order valence-corrected chi connectivity index (χ3v) is 3.27. The summed E-state index contributed by atoms with van der Waals surface area (Å²) in [7, 11) is 0. The van der Waals surface area contributed by atoms with Crippen molar-refractivity contribution < 1.29 is 14.6 Å². The van der Waals surface area contributed by atoms with Gasteiger partial charge in [-0.2, -0.15) is 0 Å². The first-order valence-corrected chi connectivity index (χ1v) is 6.94. The van der Waals surface area contributed by atoms with Crippen LogP contribution in [0.25, 0.3) is 6.08 Å². The highest BCUT2D eigenvalue weighted by Gasteiger charge is 2.20. The second kappa shape index (κ2) is 7.43. The summed E-state index contributed by atoms with van der Waals surface area (Å²) in [6.45, 7) is 2.63. The fraction of sp³-hybridized carbons (Fsp3) is 0.500. The van der Waals surface area contributed by atoms with Gasteiger partial charge in [0.1, 0.15) is 0 Å². The van der Waals surface area contributed by atoms with Gasteiger partial charge in [0.2, 0.25) is 0 Å². The Labute approximate surface area is 114 Å². The van der Waals surface area contributed by atoms with Gasteiger partial charge in [-0.1, -0.05) is 42.5 Å². The smallest absolute Gasteiger partial charge is 0.158 e. The second-order valence-electron chi connectivity index (χ2n) is 4.90. The molecular formula is C16H22O3. The van der Waals surface area contributed by atoms with E-state index >= 15 is 0 Å². The number of ether oxygens (including phenoxy) is 2. The third-order valence-electron chi connectivity index (χ3n) is 3.27. The molecule has 3 atom stereocenters. The fourth-order valence-corrected chi connectivity index (χ4v) is 2.07. The van der Waals surface area contributed by atoms with Crippen molar-refractivity contribution in [2.24, 2.45) is 0 Å². The molecule has 0 spiro atoms. The Bertz CT molecular complexity index is 382. The predicted octanol–water partition coefficient (Wildman–Crippen LogP) is 2.99. The van der Waals surface area contributed by atoms with Crippen LogP contribution in [-0.2, 0) is 9.47 Å². The summed E-state index contributed by atoms with van der Waals surface area (Å²) in [5.74, 6) is 0. The van der Waals surface area contributed by atoms with Gasteiger partial charge < -0.3 is 14.6 Å². The number of benzene rings is 1. The second-order valence-corrected chi connectivity index (χ2v) is 4.90. The summed E-state index contributed by atoms with van der Waals surface area (Å²) in [6.07, 6.45) is 5.78. The van der Waals surface area contributed by atoms with E-state index in [1.165, 1.54) is 0 Å². The average molecular weight is 262 g/mol. The molecule has 0 aromatic heterocycles. The summed E-state index contributed by atoms with van der Waals surface area (Å²) in [5.41, 5.74) is 1.07. The van der Waals surface area contributed by atoms with Crippen molar-refractivity contribution in [3.8, 4) is 0 Å². The van der Waals surface area contributed by atoms with Gasteiger partial charge in [-0.05, 0) is 31.7 Å². The lowest BCUT2D eigenvalue weighted by Gasteiger charge is -2.27. The molecule has 104 valence electrons. The minimum atomic E-state index is -0.620. The zero-order chi connectivity index (χ0) is 13.5. The fourth-order valence-electron chi connectivity index (χ4n) is 2.07. The molecule has 1 N–H and O–H groups in total. The van der Waals surface area contributed by atoms with Gasteiger partial charge in [0, 0.05) is 6.61 Å². The Hall–Kier alpha value is -1.16. The van der Waals surface area contributed by atoms with Crippen LogP contribution in [0.1, 0.15) is 31.7 Å². The number of hydrogen-bond donors (Lipinski definition) is 1. The molecule has 0 saturated carbocycles. The van der Waals surface area contributed by atoms with Crippen LogP contribution in [0.5, 0.6) is 0 Å². The van der Waals surface area contributed by atoms with Gasteiger partial charge in [0.15, 0.2) is 6.29 Å². The Morgan fingerprint density at radius 3 is 2.79 bits per heavy atom.